The monoisotopic (exact) mass is 746 g/mol. The molecule has 3 aromatic carbocycles. The maximum Gasteiger partial charge on any atom is 0.330 e. The molecular weight excluding hydrogens is 698 g/mol. The summed E-state index contributed by atoms with van der Waals surface area (Å²) in [5.41, 5.74) is 9.87. The van der Waals surface area contributed by atoms with E-state index in [4.69, 9.17) is 10.5 Å². The van der Waals surface area contributed by atoms with E-state index < -0.39 is 62.5 Å². The topological polar surface area (TPSA) is 143 Å². The van der Waals surface area contributed by atoms with Crippen LogP contribution in [0.5, 0.6) is 0 Å². The van der Waals surface area contributed by atoms with Crippen molar-refractivity contribution in [3.8, 4) is 0 Å². The van der Waals surface area contributed by atoms with Crippen LogP contribution < -0.4 is 16.4 Å². The van der Waals surface area contributed by atoms with Crippen molar-refractivity contribution in [3.05, 3.63) is 107 Å². The number of nitrogens with two attached hydrogens (primary N) is 1. The number of ether oxygens (including phenoxy) is 1. The molecule has 5 N–H and O–H groups in total. The maximum atomic E-state index is 14.0. The molecule has 0 bridgehead atoms. The van der Waals surface area contributed by atoms with Crippen molar-refractivity contribution in [1.82, 2.24) is 15.6 Å². The van der Waals surface area contributed by atoms with E-state index in [1.807, 2.05) is 44.2 Å². The first kappa shape index (κ1) is 41.6. The van der Waals surface area contributed by atoms with E-state index in [-0.39, 0.29) is 36.5 Å². The highest BCUT2D eigenvalue weighted by atomic mass is 35.5. The number of halogens is 3. The Hall–Kier alpha value is -3.84. The van der Waals surface area contributed by atoms with Crippen LogP contribution in [0.15, 0.2) is 72.9 Å². The molecule has 278 valence electrons. The number of fused-ring (bicyclic) bond motifs is 1. The van der Waals surface area contributed by atoms with Crippen molar-refractivity contribution in [2.75, 3.05) is 12.3 Å². The lowest BCUT2D eigenvalue weighted by atomic mass is 10.0. The van der Waals surface area contributed by atoms with Gasteiger partial charge in [0.1, 0.15) is 23.8 Å². The van der Waals surface area contributed by atoms with Crippen molar-refractivity contribution in [3.63, 3.8) is 0 Å². The molecule has 51 heavy (non-hydrogen) atoms. The molecule has 0 aliphatic rings. The van der Waals surface area contributed by atoms with Gasteiger partial charge in [0.2, 0.25) is 0 Å². The quantitative estimate of drug-likeness (QED) is 0.0839. The molecule has 4 aromatic rings. The van der Waals surface area contributed by atoms with E-state index in [0.717, 1.165) is 41.1 Å². The van der Waals surface area contributed by atoms with E-state index >= 15 is 0 Å². The average molecular weight is 747 g/mol. The van der Waals surface area contributed by atoms with Gasteiger partial charge < -0.3 is 26.1 Å². The highest BCUT2D eigenvalue weighted by Gasteiger charge is 2.35. The van der Waals surface area contributed by atoms with Crippen LogP contribution in [0.2, 0.25) is 0 Å². The lowest BCUT2D eigenvalue weighted by Crippen LogP contribution is -2.52. The number of aromatic amines is 1. The van der Waals surface area contributed by atoms with Crippen molar-refractivity contribution in [1.29, 1.82) is 0 Å². The normalized spacial score (nSPS) is 13.4. The van der Waals surface area contributed by atoms with E-state index in [1.54, 1.807) is 24.4 Å². The predicted octanol–water partition coefficient (Wildman–Crippen LogP) is 6.18. The lowest BCUT2D eigenvalue weighted by Gasteiger charge is -2.28. The number of carbonyl (C=O) groups is 2. The Balaban J connectivity index is 0.00000702. The summed E-state index contributed by atoms with van der Waals surface area (Å²) >= 11 is 0. The number of esters is 1. The molecule has 0 radical (unpaired) electrons. The molecule has 0 spiro atoms. The highest BCUT2D eigenvalue weighted by molar-refractivity contribution is 7.92. The number of hydrogen-bond acceptors (Lipinski definition) is 7. The van der Waals surface area contributed by atoms with Crippen LogP contribution in [-0.2, 0) is 38.8 Å². The number of aryl methyl sites for hydroxylation is 1. The van der Waals surface area contributed by atoms with Gasteiger partial charge in [0.05, 0.1) is 11.0 Å². The number of H-pyrrole nitrogens is 1. The summed E-state index contributed by atoms with van der Waals surface area (Å²) in [6, 6.07) is 15.3. The summed E-state index contributed by atoms with van der Waals surface area (Å²) in [5, 5.41) is 6.06. The minimum Gasteiger partial charge on any atom is -0.458 e. The number of sulfone groups is 1. The molecule has 9 nitrogen and oxygen atoms in total. The average Bonchev–Trinajstić information content (AvgIpc) is 3.55. The van der Waals surface area contributed by atoms with Crippen LogP contribution >= 0.6 is 12.4 Å². The third kappa shape index (κ3) is 12.1. The number of aromatic nitrogens is 1. The smallest absolute Gasteiger partial charge is 0.330 e. The fourth-order valence-electron chi connectivity index (χ4n) is 6.08. The number of hydrogen-bond donors (Lipinski definition) is 4. The zero-order chi connectivity index (χ0) is 36.3. The fourth-order valence-corrected chi connectivity index (χ4v) is 8.22. The van der Waals surface area contributed by atoms with Crippen LogP contribution in [0.25, 0.3) is 10.9 Å². The summed E-state index contributed by atoms with van der Waals surface area (Å²) < 4.78 is 61.4. The Labute approximate surface area is 305 Å². The molecule has 0 saturated carbocycles. The Kier molecular flexibility index (Phi) is 16.0. The first-order chi connectivity index (χ1) is 23.9. The Morgan fingerprint density at radius 1 is 0.902 bits per heavy atom. The Morgan fingerprint density at radius 3 is 2.25 bits per heavy atom. The summed E-state index contributed by atoms with van der Waals surface area (Å²) in [6.07, 6.45) is 3.58. The van der Waals surface area contributed by atoms with E-state index in [2.05, 4.69) is 22.5 Å². The molecule has 3 atom stereocenters. The van der Waals surface area contributed by atoms with Crippen LogP contribution in [0.3, 0.4) is 0 Å². The van der Waals surface area contributed by atoms with Crippen molar-refractivity contribution in [2.24, 2.45) is 5.73 Å². The second-order valence-electron chi connectivity index (χ2n) is 12.8. The third-order valence-corrected chi connectivity index (χ3v) is 11.0. The first-order valence-electron chi connectivity index (χ1n) is 17.2. The van der Waals surface area contributed by atoms with E-state index in [0.29, 0.717) is 37.7 Å². The summed E-state index contributed by atoms with van der Waals surface area (Å²) in [5.74, 6) is -3.83. The molecule has 4 rings (SSSR count). The van der Waals surface area contributed by atoms with Crippen molar-refractivity contribution >= 4 is 45.0 Å². The van der Waals surface area contributed by atoms with Gasteiger partial charge >= 0.3 is 5.97 Å². The predicted molar refractivity (Wildman–Crippen MR) is 200 cm³/mol. The number of rotatable bonds is 19. The summed E-state index contributed by atoms with van der Waals surface area (Å²) in [7, 11) is -3.87. The van der Waals surface area contributed by atoms with Crippen LogP contribution in [0.1, 0.15) is 73.5 Å². The van der Waals surface area contributed by atoms with Gasteiger partial charge in [-0.05, 0) is 78.1 Å². The second kappa shape index (κ2) is 19.7. The SMILES string of the molecule is CCCC(CCC)S(=O)(=O)C[C@H](NC(=O)c1ccc2cc[nH]c2c1)C(=O)O[C@H](CNCc1cccc(CC)c1)[C@@H](N)Cc1cc(F)cc(F)c1.Cl. The molecule has 1 heterocycles. The minimum absolute atomic E-state index is 0. The Morgan fingerprint density at radius 2 is 1.59 bits per heavy atom. The zero-order valence-corrected chi connectivity index (χ0v) is 30.9. The first-order valence-corrected chi connectivity index (χ1v) is 18.9. The van der Waals surface area contributed by atoms with Gasteiger partial charge in [-0.3, -0.25) is 4.79 Å². The fraction of sp³-hybridized carbons (Fsp3) is 0.421. The number of benzene rings is 3. The molecule has 1 aromatic heterocycles. The molecule has 0 unspecified atom stereocenters. The Bertz CT molecular complexity index is 1830. The van der Waals surface area contributed by atoms with Gasteiger partial charge in [0.15, 0.2) is 9.84 Å². The molecule has 0 saturated heterocycles. The van der Waals surface area contributed by atoms with Gasteiger partial charge in [-0.2, -0.15) is 0 Å². The molecular formula is C38H49ClF2N4O5S. The largest absolute Gasteiger partial charge is 0.458 e. The summed E-state index contributed by atoms with van der Waals surface area (Å²) in [6.45, 7) is 6.30. The second-order valence-corrected chi connectivity index (χ2v) is 15.1. The molecule has 0 aliphatic heterocycles. The van der Waals surface area contributed by atoms with Gasteiger partial charge in [-0.15, -0.1) is 12.4 Å². The zero-order valence-electron chi connectivity index (χ0n) is 29.3. The van der Waals surface area contributed by atoms with Crippen LogP contribution in [0.4, 0.5) is 8.78 Å². The maximum absolute atomic E-state index is 14.0. The van der Waals surface area contributed by atoms with Gasteiger partial charge in [-0.25, -0.2) is 22.0 Å². The molecule has 1 amide bonds. The standard InChI is InChI=1S/C38H48F2N4O5S.ClH/c1-4-8-32(9-5-2)50(47,48)24-35(44-37(45)29-13-12-28-14-15-43-34(28)20-29)38(46)49-36(23-42-22-26-11-7-10-25(6-3)16-26)33(41)19-27-17-30(39)21-31(40)18-27;/h7,10-18,20-21,32-33,35-36,42-43H,4-6,8-9,19,22-24,41H2,1-3H3,(H,44,45);1H/t33-,35-,36+;/m0./s1. The number of nitrogens with one attached hydrogen (secondary N) is 3. The lowest BCUT2D eigenvalue weighted by molar-refractivity contribution is -0.151. The van der Waals surface area contributed by atoms with Crippen LogP contribution in [0, 0.1) is 11.6 Å². The number of amides is 1. The van der Waals surface area contributed by atoms with E-state index in [1.165, 1.54) is 0 Å². The van der Waals surface area contributed by atoms with Crippen LogP contribution in [-0.4, -0.2) is 61.0 Å². The van der Waals surface area contributed by atoms with Gasteiger partial charge in [0.25, 0.3) is 5.91 Å². The van der Waals surface area contributed by atoms with Gasteiger partial charge in [-0.1, -0.05) is 63.9 Å². The summed E-state index contributed by atoms with van der Waals surface area (Å²) in [4.78, 5) is 30.5. The minimum atomic E-state index is -3.87. The molecule has 13 heteroatoms. The molecule has 0 fully saturated rings. The highest BCUT2D eigenvalue weighted by Crippen LogP contribution is 2.20. The van der Waals surface area contributed by atoms with Crippen molar-refractivity contribution in [2.45, 2.75) is 89.3 Å². The number of carbonyl (C=O) groups excluding carboxylic acids is 2. The third-order valence-electron chi connectivity index (χ3n) is 8.75. The molecule has 0 aliphatic carbocycles. The van der Waals surface area contributed by atoms with Gasteiger partial charge in [0, 0.05) is 42.5 Å². The van der Waals surface area contributed by atoms with E-state index in [9.17, 15) is 26.8 Å². The van der Waals surface area contributed by atoms with Crippen molar-refractivity contribution < 1.29 is 31.5 Å².